The molecule has 3 aromatic rings. The Hall–Kier alpha value is -2.74. The Kier molecular flexibility index (Phi) is 4.07. The average Bonchev–Trinajstić information content (AvgIpc) is 2.97. The molecule has 120 valence electrons. The van der Waals surface area contributed by atoms with Gasteiger partial charge in [-0.15, -0.1) is 0 Å². The van der Waals surface area contributed by atoms with Crippen LogP contribution in [0.25, 0.3) is 16.6 Å². The van der Waals surface area contributed by atoms with Gasteiger partial charge in [0.1, 0.15) is 0 Å². The van der Waals surface area contributed by atoms with E-state index >= 15 is 0 Å². The molecule has 0 saturated carbocycles. The summed E-state index contributed by atoms with van der Waals surface area (Å²) in [6, 6.07) is 1.79. The molecule has 3 aromatic heterocycles. The molecule has 0 fully saturated rings. The number of nitrogens with one attached hydrogen (secondary N) is 1. The molecule has 0 aliphatic rings. The van der Waals surface area contributed by atoms with Crippen molar-refractivity contribution in [3.8, 4) is 0 Å². The van der Waals surface area contributed by atoms with Crippen molar-refractivity contribution in [3.63, 3.8) is 0 Å². The Morgan fingerprint density at radius 2 is 2.22 bits per heavy atom. The molecular weight excluding hydrogens is 296 g/mol. The first-order valence-corrected chi connectivity index (χ1v) is 7.31. The van der Waals surface area contributed by atoms with E-state index in [0.717, 1.165) is 23.9 Å². The molecule has 0 atom stereocenters. The van der Waals surface area contributed by atoms with Crippen LogP contribution < -0.4 is 5.32 Å². The number of pyridine rings is 1. The maximum atomic E-state index is 11.4. The summed E-state index contributed by atoms with van der Waals surface area (Å²) in [7, 11) is 4.02. The Morgan fingerprint density at radius 1 is 1.39 bits per heavy atom. The molecule has 2 N–H and O–H groups in total. The molecule has 0 unspecified atom stereocenters. The van der Waals surface area contributed by atoms with E-state index in [4.69, 9.17) is 0 Å². The highest BCUT2D eigenvalue weighted by Gasteiger charge is 2.17. The van der Waals surface area contributed by atoms with E-state index in [1.807, 2.05) is 14.1 Å². The summed E-state index contributed by atoms with van der Waals surface area (Å²) in [4.78, 5) is 26.4. The van der Waals surface area contributed by atoms with Crippen molar-refractivity contribution < 1.29 is 9.90 Å². The largest absolute Gasteiger partial charge is 0.477 e. The lowest BCUT2D eigenvalue weighted by atomic mass is 10.3. The van der Waals surface area contributed by atoms with E-state index in [2.05, 4.69) is 25.2 Å². The smallest absolute Gasteiger partial charge is 0.354 e. The third-order valence-electron chi connectivity index (χ3n) is 3.52. The zero-order valence-electron chi connectivity index (χ0n) is 13.0. The number of nitrogens with zero attached hydrogens (tertiary/aromatic N) is 5. The molecule has 8 nitrogen and oxygen atoms in total. The third-order valence-corrected chi connectivity index (χ3v) is 3.52. The van der Waals surface area contributed by atoms with E-state index in [0.29, 0.717) is 18.1 Å². The van der Waals surface area contributed by atoms with Gasteiger partial charge in [0.2, 0.25) is 5.95 Å². The quantitative estimate of drug-likeness (QED) is 0.663. The van der Waals surface area contributed by atoms with Crippen LogP contribution in [0, 0.1) is 0 Å². The van der Waals surface area contributed by atoms with Gasteiger partial charge in [-0.1, -0.05) is 0 Å². The van der Waals surface area contributed by atoms with Crippen molar-refractivity contribution in [1.29, 1.82) is 0 Å². The normalized spacial score (nSPS) is 11.4. The number of carboxylic acid groups (broad SMARTS) is 1. The van der Waals surface area contributed by atoms with Gasteiger partial charge in [-0.3, -0.25) is 9.38 Å². The summed E-state index contributed by atoms with van der Waals surface area (Å²) in [6.07, 6.45) is 5.56. The zero-order valence-corrected chi connectivity index (χ0v) is 13.0. The molecule has 0 aliphatic carbocycles. The highest BCUT2D eigenvalue weighted by atomic mass is 16.4. The summed E-state index contributed by atoms with van der Waals surface area (Å²) < 4.78 is 1.53. The van der Waals surface area contributed by atoms with E-state index < -0.39 is 5.97 Å². The van der Waals surface area contributed by atoms with Gasteiger partial charge in [-0.2, -0.15) is 0 Å². The van der Waals surface area contributed by atoms with Gasteiger partial charge in [-0.25, -0.2) is 14.8 Å². The minimum atomic E-state index is -1.04. The summed E-state index contributed by atoms with van der Waals surface area (Å²) in [6.45, 7) is 1.62. The van der Waals surface area contributed by atoms with E-state index in [-0.39, 0.29) is 5.69 Å². The number of hydrogen-bond acceptors (Lipinski definition) is 6. The highest BCUT2D eigenvalue weighted by Crippen LogP contribution is 2.22. The first-order chi connectivity index (χ1) is 11.1. The molecule has 8 heteroatoms. The fourth-order valence-electron chi connectivity index (χ4n) is 2.44. The fraction of sp³-hybridized carbons (Fsp3) is 0.333. The molecule has 3 heterocycles. The predicted octanol–water partition coefficient (Wildman–Crippen LogP) is 1.34. The number of hydrogen-bond donors (Lipinski definition) is 2. The molecule has 3 rings (SSSR count). The monoisotopic (exact) mass is 314 g/mol. The molecular formula is C15H18N6O2. The van der Waals surface area contributed by atoms with Crippen LogP contribution in [0.5, 0.6) is 0 Å². The summed E-state index contributed by atoms with van der Waals surface area (Å²) in [5.41, 5.74) is 1.34. The highest BCUT2D eigenvalue weighted by molar-refractivity contribution is 5.95. The van der Waals surface area contributed by atoms with Crippen molar-refractivity contribution in [2.45, 2.75) is 6.42 Å². The average molecular weight is 314 g/mol. The third kappa shape index (κ3) is 2.93. The minimum Gasteiger partial charge on any atom is -0.477 e. The maximum Gasteiger partial charge on any atom is 0.354 e. The van der Waals surface area contributed by atoms with Crippen molar-refractivity contribution in [2.75, 3.05) is 32.5 Å². The molecule has 0 saturated heterocycles. The second-order valence-corrected chi connectivity index (χ2v) is 5.52. The van der Waals surface area contributed by atoms with E-state index in [1.165, 1.54) is 10.6 Å². The van der Waals surface area contributed by atoms with Gasteiger partial charge < -0.3 is 15.3 Å². The zero-order chi connectivity index (χ0) is 16.4. The van der Waals surface area contributed by atoms with Crippen molar-refractivity contribution >= 4 is 28.5 Å². The fourth-order valence-corrected chi connectivity index (χ4v) is 2.44. The van der Waals surface area contributed by atoms with Gasteiger partial charge in [0.25, 0.3) is 0 Å². The van der Waals surface area contributed by atoms with E-state index in [9.17, 15) is 9.90 Å². The van der Waals surface area contributed by atoms with Crippen LogP contribution >= 0.6 is 0 Å². The van der Waals surface area contributed by atoms with Crippen LogP contribution in [0.2, 0.25) is 0 Å². The lowest BCUT2D eigenvalue weighted by Gasteiger charge is -2.12. The van der Waals surface area contributed by atoms with Crippen LogP contribution in [0.3, 0.4) is 0 Å². The van der Waals surface area contributed by atoms with Crippen LogP contribution in [-0.4, -0.2) is 62.5 Å². The molecule has 0 aliphatic heterocycles. The Balaban J connectivity index is 2.05. The summed E-state index contributed by atoms with van der Waals surface area (Å²) in [5, 5.41) is 13.3. The summed E-state index contributed by atoms with van der Waals surface area (Å²) >= 11 is 0. The second kappa shape index (κ2) is 6.17. The lowest BCUT2D eigenvalue weighted by Crippen LogP contribution is -2.18. The Morgan fingerprint density at radius 3 is 2.96 bits per heavy atom. The minimum absolute atomic E-state index is 0.0772. The maximum absolute atomic E-state index is 11.4. The van der Waals surface area contributed by atoms with Crippen molar-refractivity contribution in [2.24, 2.45) is 0 Å². The standard InChI is InChI=1S/C15H18N6O2/c1-20(2)7-3-5-17-15-19-11-4-6-16-8-10(11)13-18-9-12(14(22)23)21(13)15/h4,6,8-9H,3,5,7H2,1-2H3,(H,17,19)(H,22,23). The molecule has 0 amide bonds. The van der Waals surface area contributed by atoms with Crippen LogP contribution in [0.15, 0.2) is 24.7 Å². The van der Waals surface area contributed by atoms with Crippen molar-refractivity contribution in [1.82, 2.24) is 24.3 Å². The first kappa shape index (κ1) is 15.2. The van der Waals surface area contributed by atoms with Crippen molar-refractivity contribution in [3.05, 3.63) is 30.4 Å². The Labute approximate surface area is 132 Å². The van der Waals surface area contributed by atoms with Gasteiger partial charge in [0, 0.05) is 18.9 Å². The first-order valence-electron chi connectivity index (χ1n) is 7.31. The van der Waals surface area contributed by atoms with Gasteiger partial charge in [-0.05, 0) is 33.1 Å². The van der Waals surface area contributed by atoms with Gasteiger partial charge >= 0.3 is 5.97 Å². The summed E-state index contributed by atoms with van der Waals surface area (Å²) in [5.74, 6) is -0.564. The SMILES string of the molecule is CN(C)CCCNc1nc2ccncc2c2ncc(C(=O)O)n12. The molecule has 0 radical (unpaired) electrons. The number of carboxylic acids is 1. The van der Waals surface area contributed by atoms with Gasteiger partial charge in [0.05, 0.1) is 17.1 Å². The number of imidazole rings is 1. The Bertz CT molecular complexity index is 858. The van der Waals surface area contributed by atoms with E-state index in [1.54, 1.807) is 18.5 Å². The topological polar surface area (TPSA) is 95.6 Å². The number of carbonyl (C=O) groups is 1. The van der Waals surface area contributed by atoms with Crippen LogP contribution in [0.4, 0.5) is 5.95 Å². The second-order valence-electron chi connectivity index (χ2n) is 5.52. The number of aromatic carboxylic acids is 1. The molecule has 0 aromatic carbocycles. The molecule has 23 heavy (non-hydrogen) atoms. The van der Waals surface area contributed by atoms with Crippen LogP contribution in [0.1, 0.15) is 16.9 Å². The predicted molar refractivity (Wildman–Crippen MR) is 86.9 cm³/mol. The molecule has 0 bridgehead atoms. The van der Waals surface area contributed by atoms with Gasteiger partial charge in [0.15, 0.2) is 11.3 Å². The number of fused-ring (bicyclic) bond motifs is 3. The molecule has 0 spiro atoms. The number of rotatable bonds is 6. The lowest BCUT2D eigenvalue weighted by molar-refractivity contribution is 0.0689. The van der Waals surface area contributed by atoms with Crippen LogP contribution in [-0.2, 0) is 0 Å². The number of aromatic nitrogens is 4. The number of anilines is 1.